The lowest BCUT2D eigenvalue weighted by Gasteiger charge is -2.10. The average Bonchev–Trinajstić information content (AvgIpc) is 2.94. The lowest BCUT2D eigenvalue weighted by molar-refractivity contribution is -0.380. The van der Waals surface area contributed by atoms with Gasteiger partial charge in [-0.05, 0) is 23.8 Å². The van der Waals surface area contributed by atoms with E-state index in [1.165, 1.54) is 25.3 Å². The highest BCUT2D eigenvalue weighted by molar-refractivity contribution is 7.13. The number of ether oxygens (including phenoxy) is 1. The normalized spacial score (nSPS) is 10.2. The molecule has 0 bridgehead atoms. The summed E-state index contributed by atoms with van der Waals surface area (Å²) in [6.45, 7) is 0.278. The summed E-state index contributed by atoms with van der Waals surface area (Å²) >= 11 is 1.02. The number of nitro groups is 1. The van der Waals surface area contributed by atoms with Gasteiger partial charge in [-0.1, -0.05) is 11.3 Å². The van der Waals surface area contributed by atoms with Crippen LogP contribution in [0.3, 0.4) is 0 Å². The van der Waals surface area contributed by atoms with Crippen LogP contribution in [0.15, 0.2) is 29.6 Å². The largest absolute Gasteiger partial charge is 0.465 e. The number of halogens is 1. The van der Waals surface area contributed by atoms with Gasteiger partial charge in [-0.2, -0.15) is 0 Å². The molecular formula is C13H11FN2O4S. The second kappa shape index (κ2) is 6.31. The van der Waals surface area contributed by atoms with E-state index in [2.05, 4.69) is 10.1 Å². The second-order valence-corrected chi connectivity index (χ2v) is 4.98. The van der Waals surface area contributed by atoms with Gasteiger partial charge in [0.05, 0.1) is 17.6 Å². The molecule has 1 N–H and O–H groups in total. The number of hydrogen-bond acceptors (Lipinski definition) is 6. The molecule has 6 nitrogen and oxygen atoms in total. The minimum absolute atomic E-state index is 0.0408. The maximum Gasteiger partial charge on any atom is 0.340 e. The van der Waals surface area contributed by atoms with Gasteiger partial charge in [0, 0.05) is 23.7 Å². The topological polar surface area (TPSA) is 81.5 Å². The van der Waals surface area contributed by atoms with Crippen molar-refractivity contribution >= 4 is 28.0 Å². The van der Waals surface area contributed by atoms with Crippen molar-refractivity contribution in [2.45, 2.75) is 6.54 Å². The number of anilines is 1. The zero-order valence-corrected chi connectivity index (χ0v) is 11.8. The molecule has 21 heavy (non-hydrogen) atoms. The van der Waals surface area contributed by atoms with Crippen LogP contribution in [0.2, 0.25) is 0 Å². The van der Waals surface area contributed by atoms with Gasteiger partial charge < -0.3 is 10.1 Å². The number of carbonyl (C=O) groups excluding carboxylic acids is 1. The van der Waals surface area contributed by atoms with Gasteiger partial charge >= 0.3 is 11.0 Å². The van der Waals surface area contributed by atoms with Gasteiger partial charge in [-0.3, -0.25) is 10.1 Å². The molecule has 0 aliphatic heterocycles. The number of esters is 1. The van der Waals surface area contributed by atoms with Crippen molar-refractivity contribution in [3.05, 3.63) is 56.7 Å². The first kappa shape index (κ1) is 14.9. The molecule has 0 aliphatic rings. The summed E-state index contributed by atoms with van der Waals surface area (Å²) in [5, 5.41) is 15.2. The lowest BCUT2D eigenvalue weighted by Crippen LogP contribution is -2.08. The summed E-state index contributed by atoms with van der Waals surface area (Å²) in [5.41, 5.74) is 1.17. The maximum atomic E-state index is 13.2. The summed E-state index contributed by atoms with van der Waals surface area (Å²) in [5.74, 6) is -1.21. The molecule has 2 rings (SSSR count). The number of methoxy groups -OCH3 is 1. The number of rotatable bonds is 5. The Morgan fingerprint density at radius 1 is 1.48 bits per heavy atom. The molecule has 0 amide bonds. The monoisotopic (exact) mass is 310 g/mol. The molecule has 0 spiro atoms. The van der Waals surface area contributed by atoms with E-state index >= 15 is 0 Å². The van der Waals surface area contributed by atoms with Crippen LogP contribution in [-0.4, -0.2) is 18.0 Å². The van der Waals surface area contributed by atoms with Crippen LogP contribution in [0.5, 0.6) is 0 Å². The van der Waals surface area contributed by atoms with Crippen molar-refractivity contribution in [2.75, 3.05) is 12.4 Å². The molecule has 0 unspecified atom stereocenters. The lowest BCUT2D eigenvalue weighted by atomic mass is 10.1. The Morgan fingerprint density at radius 2 is 2.24 bits per heavy atom. The molecule has 0 saturated carbocycles. The standard InChI is InChI=1S/C13H11FN2O4S/c1-20-13(17)10-5-9(14)2-3-11(10)15-6-8-4-12(16(18)19)21-7-8/h2-5,7,15H,6H2,1H3. The van der Waals surface area contributed by atoms with Crippen LogP contribution in [0, 0.1) is 15.9 Å². The molecule has 2 aromatic rings. The van der Waals surface area contributed by atoms with Crippen molar-refractivity contribution in [2.24, 2.45) is 0 Å². The Balaban J connectivity index is 2.15. The maximum absolute atomic E-state index is 13.2. The van der Waals surface area contributed by atoms with E-state index in [9.17, 15) is 19.3 Å². The van der Waals surface area contributed by atoms with Gasteiger partial charge in [0.15, 0.2) is 0 Å². The first-order valence-corrected chi connectivity index (χ1v) is 6.72. The van der Waals surface area contributed by atoms with Crippen molar-refractivity contribution in [3.8, 4) is 0 Å². The fourth-order valence-corrected chi connectivity index (χ4v) is 2.43. The molecule has 0 radical (unpaired) electrons. The highest BCUT2D eigenvalue weighted by Gasteiger charge is 2.14. The van der Waals surface area contributed by atoms with Crippen LogP contribution in [0.25, 0.3) is 0 Å². The zero-order valence-electron chi connectivity index (χ0n) is 11.0. The summed E-state index contributed by atoms with van der Waals surface area (Å²) < 4.78 is 17.8. The Labute approximate surface area is 123 Å². The number of nitrogens with zero attached hydrogens (tertiary/aromatic N) is 1. The van der Waals surface area contributed by atoms with Gasteiger partial charge in [-0.25, -0.2) is 9.18 Å². The molecule has 8 heteroatoms. The first-order valence-electron chi connectivity index (χ1n) is 5.85. The number of carbonyl (C=O) groups is 1. The second-order valence-electron chi connectivity index (χ2n) is 4.09. The molecule has 110 valence electrons. The van der Waals surface area contributed by atoms with Crippen LogP contribution >= 0.6 is 11.3 Å². The predicted molar refractivity (Wildman–Crippen MR) is 76.0 cm³/mol. The van der Waals surface area contributed by atoms with Crippen molar-refractivity contribution in [1.82, 2.24) is 0 Å². The number of benzene rings is 1. The smallest absolute Gasteiger partial charge is 0.340 e. The first-order chi connectivity index (χ1) is 10.0. The molecule has 0 aliphatic carbocycles. The molecule has 0 atom stereocenters. The van der Waals surface area contributed by atoms with Crippen LogP contribution < -0.4 is 5.32 Å². The van der Waals surface area contributed by atoms with E-state index in [1.54, 1.807) is 5.38 Å². The summed E-state index contributed by atoms with van der Waals surface area (Å²) in [7, 11) is 1.21. The summed E-state index contributed by atoms with van der Waals surface area (Å²) in [6.07, 6.45) is 0. The van der Waals surface area contributed by atoms with Crippen LogP contribution in [0.1, 0.15) is 15.9 Å². The third kappa shape index (κ3) is 3.54. The Hall–Kier alpha value is -2.48. The van der Waals surface area contributed by atoms with Gasteiger partial charge in [0.1, 0.15) is 5.82 Å². The molecule has 1 aromatic heterocycles. The minimum Gasteiger partial charge on any atom is -0.465 e. The Morgan fingerprint density at radius 3 is 2.86 bits per heavy atom. The van der Waals surface area contributed by atoms with Crippen LogP contribution in [-0.2, 0) is 11.3 Å². The number of thiophene rings is 1. The van der Waals surface area contributed by atoms with Crippen molar-refractivity contribution in [1.29, 1.82) is 0 Å². The molecule has 1 heterocycles. The van der Waals surface area contributed by atoms with Crippen LogP contribution in [0.4, 0.5) is 15.1 Å². The minimum atomic E-state index is -0.659. The third-order valence-electron chi connectivity index (χ3n) is 2.69. The summed E-state index contributed by atoms with van der Waals surface area (Å²) in [4.78, 5) is 21.7. The van der Waals surface area contributed by atoms with Crippen molar-refractivity contribution < 1.29 is 18.8 Å². The van der Waals surface area contributed by atoms with E-state index < -0.39 is 16.7 Å². The zero-order chi connectivity index (χ0) is 15.4. The number of hydrogen-bond donors (Lipinski definition) is 1. The van der Waals surface area contributed by atoms with Crippen molar-refractivity contribution in [3.63, 3.8) is 0 Å². The van der Waals surface area contributed by atoms with Gasteiger partial charge in [0.2, 0.25) is 0 Å². The van der Waals surface area contributed by atoms with E-state index in [-0.39, 0.29) is 17.1 Å². The summed E-state index contributed by atoms with van der Waals surface area (Å²) in [6, 6.07) is 5.15. The fraction of sp³-hybridized carbons (Fsp3) is 0.154. The van der Waals surface area contributed by atoms with E-state index in [4.69, 9.17) is 0 Å². The van der Waals surface area contributed by atoms with E-state index in [0.29, 0.717) is 11.3 Å². The van der Waals surface area contributed by atoms with Gasteiger partial charge in [0.25, 0.3) is 0 Å². The number of nitrogens with one attached hydrogen (secondary N) is 1. The quantitative estimate of drug-likeness (QED) is 0.521. The molecule has 1 aromatic carbocycles. The highest BCUT2D eigenvalue weighted by atomic mass is 32.1. The fourth-order valence-electron chi connectivity index (χ4n) is 1.70. The SMILES string of the molecule is COC(=O)c1cc(F)ccc1NCc1csc([N+](=O)[O-])c1. The average molecular weight is 310 g/mol. The molecule has 0 saturated heterocycles. The third-order valence-corrected chi connectivity index (χ3v) is 3.62. The van der Waals surface area contributed by atoms with E-state index in [0.717, 1.165) is 17.4 Å². The highest BCUT2D eigenvalue weighted by Crippen LogP contribution is 2.24. The Bertz CT molecular complexity index is 687. The Kier molecular flexibility index (Phi) is 4.49. The van der Waals surface area contributed by atoms with Gasteiger partial charge in [-0.15, -0.1) is 0 Å². The predicted octanol–water partition coefficient (Wildman–Crippen LogP) is 3.19. The van der Waals surface area contributed by atoms with E-state index in [1.807, 2.05) is 0 Å². The molecule has 0 fully saturated rings. The molecular weight excluding hydrogens is 299 g/mol.